The molecule has 148 valence electrons. The van der Waals surface area contributed by atoms with Crippen molar-refractivity contribution in [2.75, 3.05) is 0 Å². The Morgan fingerprint density at radius 1 is 0.714 bits per heavy atom. The number of rotatable bonds is 8. The Balaban J connectivity index is 1.91. The molecule has 2 radical (unpaired) electrons. The summed E-state index contributed by atoms with van der Waals surface area (Å²) in [6.07, 6.45) is 0.391. The zero-order valence-corrected chi connectivity index (χ0v) is 16.5. The summed E-state index contributed by atoms with van der Waals surface area (Å²) in [5, 5.41) is 0. The van der Waals surface area contributed by atoms with Crippen LogP contribution >= 0.6 is 0 Å². The molecule has 2 rings (SSSR count). The van der Waals surface area contributed by atoms with Crippen molar-refractivity contribution in [1.29, 1.82) is 0 Å². The first-order valence-electron chi connectivity index (χ1n) is 8.89. The molecule has 28 heavy (non-hydrogen) atoms. The van der Waals surface area contributed by atoms with Gasteiger partial charge >= 0.3 is 18.2 Å². The van der Waals surface area contributed by atoms with E-state index in [0.717, 1.165) is 22.3 Å². The summed E-state index contributed by atoms with van der Waals surface area (Å²) in [6.45, 7) is 11.3. The minimum absolute atomic E-state index is 0.177. The van der Waals surface area contributed by atoms with Gasteiger partial charge < -0.3 is 0 Å². The molecule has 0 spiro atoms. The van der Waals surface area contributed by atoms with Gasteiger partial charge in [0.2, 0.25) is 0 Å². The maximum atomic E-state index is 12.1. The fourth-order valence-corrected chi connectivity index (χ4v) is 2.24. The van der Waals surface area contributed by atoms with Crippen LogP contribution in [0.3, 0.4) is 0 Å². The first-order chi connectivity index (χ1) is 13.3. The first kappa shape index (κ1) is 21.6. The van der Waals surface area contributed by atoms with Gasteiger partial charge in [0, 0.05) is 6.42 Å². The summed E-state index contributed by atoms with van der Waals surface area (Å²) in [7, 11) is 0. The van der Waals surface area contributed by atoms with Gasteiger partial charge in [-0.25, -0.2) is 9.59 Å². The summed E-state index contributed by atoms with van der Waals surface area (Å²) in [4.78, 5) is 43.6. The summed E-state index contributed by atoms with van der Waals surface area (Å²) in [5.74, 6) is -1.37. The molecular formula is C22H24O6. The van der Waals surface area contributed by atoms with Crippen molar-refractivity contribution in [2.24, 2.45) is 0 Å². The summed E-state index contributed by atoms with van der Waals surface area (Å²) in [5.41, 5.74) is 4.70. The molecule has 0 aliphatic rings. The van der Waals surface area contributed by atoms with Gasteiger partial charge in [0.1, 0.15) is 0 Å². The van der Waals surface area contributed by atoms with Crippen LogP contribution in [0.5, 0.6) is 0 Å². The summed E-state index contributed by atoms with van der Waals surface area (Å²) < 4.78 is 0. The van der Waals surface area contributed by atoms with Crippen LogP contribution in [0.15, 0.2) is 36.4 Å². The van der Waals surface area contributed by atoms with Crippen LogP contribution in [0.1, 0.15) is 55.8 Å². The SMILES string of the molecule is [CH2]CC[C](OOC(=O)c1ccc(C)c(C)c1)OOC(=O)c1ccc(C)c(C)c1. The van der Waals surface area contributed by atoms with Crippen molar-refractivity contribution in [3.63, 3.8) is 0 Å². The van der Waals surface area contributed by atoms with E-state index in [9.17, 15) is 9.59 Å². The van der Waals surface area contributed by atoms with E-state index in [2.05, 4.69) is 6.92 Å². The number of hydrogen-bond acceptors (Lipinski definition) is 6. The second-order valence-electron chi connectivity index (χ2n) is 6.48. The normalized spacial score (nSPS) is 10.8. The van der Waals surface area contributed by atoms with Gasteiger partial charge in [-0.3, -0.25) is 9.78 Å². The molecular weight excluding hydrogens is 360 g/mol. The topological polar surface area (TPSA) is 71.1 Å². The molecule has 0 aliphatic heterocycles. The second-order valence-corrected chi connectivity index (χ2v) is 6.48. The Bertz CT molecular complexity index is 775. The number of benzene rings is 2. The molecule has 0 saturated heterocycles. The second kappa shape index (κ2) is 10.0. The lowest BCUT2D eigenvalue weighted by molar-refractivity contribution is -0.363. The Hall–Kier alpha value is -2.70. The zero-order valence-electron chi connectivity index (χ0n) is 16.5. The van der Waals surface area contributed by atoms with E-state index in [1.807, 2.05) is 39.8 Å². The molecule has 0 bridgehead atoms. The van der Waals surface area contributed by atoms with E-state index in [4.69, 9.17) is 19.6 Å². The number of hydrogen-bond donors (Lipinski definition) is 0. The van der Waals surface area contributed by atoms with E-state index in [1.165, 1.54) is 0 Å². The van der Waals surface area contributed by atoms with Crippen LogP contribution in [-0.4, -0.2) is 11.9 Å². The van der Waals surface area contributed by atoms with Crippen molar-refractivity contribution in [3.8, 4) is 0 Å². The summed E-state index contributed by atoms with van der Waals surface area (Å²) >= 11 is 0. The van der Waals surface area contributed by atoms with Gasteiger partial charge in [-0.1, -0.05) is 19.1 Å². The Morgan fingerprint density at radius 2 is 1.14 bits per heavy atom. The van der Waals surface area contributed by atoms with Crippen molar-refractivity contribution in [2.45, 2.75) is 40.5 Å². The Labute approximate surface area is 165 Å². The largest absolute Gasteiger partial charge is 0.373 e. The third kappa shape index (κ3) is 5.90. The molecule has 0 N–H and O–H groups in total. The third-order valence-electron chi connectivity index (χ3n) is 4.29. The van der Waals surface area contributed by atoms with E-state index in [1.54, 1.807) is 24.3 Å². The molecule has 0 aromatic heterocycles. The molecule has 0 heterocycles. The van der Waals surface area contributed by atoms with Crippen LogP contribution in [0.25, 0.3) is 0 Å². The summed E-state index contributed by atoms with van der Waals surface area (Å²) in [6, 6.07) is 10.3. The molecule has 2 aromatic rings. The van der Waals surface area contributed by atoms with Gasteiger partial charge in [0.05, 0.1) is 11.1 Å². The minimum Gasteiger partial charge on any atom is -0.289 e. The molecule has 0 unspecified atom stereocenters. The van der Waals surface area contributed by atoms with E-state index in [0.29, 0.717) is 17.5 Å². The van der Waals surface area contributed by atoms with Gasteiger partial charge in [-0.05, 0) is 80.6 Å². The highest BCUT2D eigenvalue weighted by molar-refractivity contribution is 5.89. The number of aryl methyl sites for hydroxylation is 4. The average Bonchev–Trinajstić information content (AvgIpc) is 2.67. The highest BCUT2D eigenvalue weighted by Crippen LogP contribution is 2.18. The fourth-order valence-electron chi connectivity index (χ4n) is 2.24. The molecule has 6 nitrogen and oxygen atoms in total. The standard InChI is InChI=1S/C22H24O6/c1-6-7-20(25-27-21(23)18-10-8-14(2)16(4)12-18)26-28-22(24)19-11-9-15(3)17(5)13-19/h8-13H,1,6-7H2,2-5H3. The predicted octanol–water partition coefficient (Wildman–Crippen LogP) is 4.90. The monoisotopic (exact) mass is 384 g/mol. The third-order valence-corrected chi connectivity index (χ3v) is 4.29. The first-order valence-corrected chi connectivity index (χ1v) is 8.89. The number of carbonyl (C=O) groups excluding carboxylic acids is 2. The van der Waals surface area contributed by atoms with Gasteiger partial charge in [-0.2, -0.15) is 0 Å². The van der Waals surface area contributed by atoms with Crippen molar-refractivity contribution >= 4 is 11.9 Å². The highest BCUT2D eigenvalue weighted by Gasteiger charge is 2.21. The maximum Gasteiger partial charge on any atom is 0.373 e. The molecule has 0 atom stereocenters. The molecule has 2 aromatic carbocycles. The predicted molar refractivity (Wildman–Crippen MR) is 103 cm³/mol. The van der Waals surface area contributed by atoms with Crippen LogP contribution < -0.4 is 0 Å². The molecule has 0 fully saturated rings. The lowest BCUT2D eigenvalue weighted by Gasteiger charge is -2.13. The lowest BCUT2D eigenvalue weighted by atomic mass is 10.1. The van der Waals surface area contributed by atoms with Crippen molar-refractivity contribution in [1.82, 2.24) is 0 Å². The van der Waals surface area contributed by atoms with E-state index in [-0.39, 0.29) is 12.7 Å². The maximum absolute atomic E-state index is 12.1. The van der Waals surface area contributed by atoms with Crippen LogP contribution in [0.4, 0.5) is 0 Å². The van der Waals surface area contributed by atoms with Gasteiger partial charge in [-0.15, -0.1) is 9.78 Å². The van der Waals surface area contributed by atoms with Crippen LogP contribution in [0.2, 0.25) is 0 Å². The molecule has 0 aliphatic carbocycles. The zero-order chi connectivity index (χ0) is 20.7. The molecule has 6 heteroatoms. The lowest BCUT2D eigenvalue weighted by Crippen LogP contribution is -2.16. The number of carbonyl (C=O) groups is 2. The Morgan fingerprint density at radius 3 is 1.50 bits per heavy atom. The Kier molecular flexibility index (Phi) is 7.72. The van der Waals surface area contributed by atoms with Crippen LogP contribution in [-0.2, 0) is 19.6 Å². The quantitative estimate of drug-likeness (QED) is 0.476. The minimum atomic E-state index is -0.686. The van der Waals surface area contributed by atoms with E-state index < -0.39 is 11.9 Å². The van der Waals surface area contributed by atoms with Crippen LogP contribution in [0, 0.1) is 40.9 Å². The van der Waals surface area contributed by atoms with Gasteiger partial charge in [0.15, 0.2) is 0 Å². The smallest absolute Gasteiger partial charge is 0.289 e. The van der Waals surface area contributed by atoms with Gasteiger partial charge in [0.25, 0.3) is 0 Å². The highest BCUT2D eigenvalue weighted by atomic mass is 17.3. The molecule has 0 saturated carbocycles. The van der Waals surface area contributed by atoms with E-state index >= 15 is 0 Å². The van der Waals surface area contributed by atoms with Crippen molar-refractivity contribution in [3.05, 3.63) is 83.0 Å². The van der Waals surface area contributed by atoms with Crippen molar-refractivity contribution < 1.29 is 29.1 Å². The fraction of sp³-hybridized carbons (Fsp3) is 0.273. The average molecular weight is 384 g/mol. The molecule has 0 amide bonds.